The maximum atomic E-state index is 13.7. The minimum absolute atomic E-state index is 0.0180. The van der Waals surface area contributed by atoms with Gasteiger partial charge in [0.2, 0.25) is 17.7 Å². The number of nitrogens with one attached hydrogen (secondary N) is 3. The molecular formula is C31H45N5O9S. The largest absolute Gasteiger partial charge is 0.465 e. The second-order valence-corrected chi connectivity index (χ2v) is 12.8. The highest BCUT2D eigenvalue weighted by Gasteiger charge is 2.44. The lowest BCUT2D eigenvalue weighted by molar-refractivity contribution is -0.144. The van der Waals surface area contributed by atoms with Crippen molar-refractivity contribution in [2.45, 2.75) is 58.8 Å². The highest BCUT2D eigenvalue weighted by molar-refractivity contribution is 7.13. The average molecular weight is 664 g/mol. The Balaban J connectivity index is 1.45. The van der Waals surface area contributed by atoms with Gasteiger partial charge in [0.1, 0.15) is 18.7 Å². The first-order valence-electron chi connectivity index (χ1n) is 15.1. The summed E-state index contributed by atoms with van der Waals surface area (Å²) in [7, 11) is 0. The first-order chi connectivity index (χ1) is 21.9. The molecule has 15 heteroatoms. The number of hydrogen-bond acceptors (Lipinski definition) is 10. The molecule has 1 fully saturated rings. The Labute approximate surface area is 272 Å². The van der Waals surface area contributed by atoms with Crippen molar-refractivity contribution in [3.63, 3.8) is 0 Å². The van der Waals surface area contributed by atoms with Crippen LogP contribution in [0.4, 0.5) is 4.79 Å². The Kier molecular flexibility index (Phi) is 14.3. The molecule has 1 aliphatic heterocycles. The zero-order valence-electron chi connectivity index (χ0n) is 26.7. The number of hydrogen-bond donors (Lipinski definition) is 5. The van der Waals surface area contributed by atoms with Crippen LogP contribution in [0.5, 0.6) is 0 Å². The van der Waals surface area contributed by atoms with E-state index in [-0.39, 0.29) is 71.6 Å². The quantitative estimate of drug-likeness (QED) is 0.155. The fourth-order valence-electron chi connectivity index (χ4n) is 4.82. The first kappa shape index (κ1) is 36.8. The standard InChI is InChI=1S/C31H45N5O9S/c1-20-26(46-19-34-20)22-7-5-21(6-8-22)16-33-28(39)24-15-23(37)17-36(24)29(40)27(31(2,3)4)35-25(38)18-45-14-13-44-12-11-43-10-9-32-30(41)42/h5-8,19,23-24,27,32,37H,9-18H2,1-4H3,(H,33,39)(H,35,38)(H,41,42)/t23-,24+,27-/m1/s1. The smallest absolute Gasteiger partial charge is 0.404 e. The fraction of sp³-hybridized carbons (Fsp3) is 0.581. The fourth-order valence-corrected chi connectivity index (χ4v) is 5.63. The lowest BCUT2D eigenvalue weighted by Gasteiger charge is -2.35. The van der Waals surface area contributed by atoms with Gasteiger partial charge in [-0.1, -0.05) is 45.0 Å². The molecule has 0 radical (unpaired) electrons. The molecule has 0 spiro atoms. The third kappa shape index (κ3) is 11.6. The van der Waals surface area contributed by atoms with Gasteiger partial charge < -0.3 is 45.3 Å². The summed E-state index contributed by atoms with van der Waals surface area (Å²) in [4.78, 5) is 56.8. The van der Waals surface area contributed by atoms with E-state index < -0.39 is 41.5 Å². The van der Waals surface area contributed by atoms with Crippen LogP contribution in [0.3, 0.4) is 0 Å². The number of aromatic nitrogens is 1. The molecule has 1 aromatic carbocycles. The maximum absolute atomic E-state index is 13.7. The van der Waals surface area contributed by atoms with Crippen LogP contribution in [-0.2, 0) is 35.1 Å². The molecule has 5 N–H and O–H groups in total. The number of rotatable bonds is 17. The number of thiazole rings is 1. The number of carboxylic acid groups (broad SMARTS) is 1. The van der Waals surface area contributed by atoms with Gasteiger partial charge in [-0.2, -0.15) is 0 Å². The van der Waals surface area contributed by atoms with Crippen molar-refractivity contribution in [1.82, 2.24) is 25.8 Å². The van der Waals surface area contributed by atoms with E-state index in [1.165, 1.54) is 4.90 Å². The third-order valence-electron chi connectivity index (χ3n) is 7.21. The van der Waals surface area contributed by atoms with E-state index in [2.05, 4.69) is 20.9 Å². The van der Waals surface area contributed by atoms with Crippen molar-refractivity contribution in [2.75, 3.05) is 52.7 Å². The number of carbonyl (C=O) groups is 4. The van der Waals surface area contributed by atoms with Crippen molar-refractivity contribution in [1.29, 1.82) is 0 Å². The number of likely N-dealkylation sites (tertiary alicyclic amines) is 1. The lowest BCUT2D eigenvalue weighted by Crippen LogP contribution is -2.58. The van der Waals surface area contributed by atoms with Gasteiger partial charge in [-0.3, -0.25) is 14.4 Å². The van der Waals surface area contributed by atoms with Gasteiger partial charge in [0, 0.05) is 26.1 Å². The van der Waals surface area contributed by atoms with Gasteiger partial charge in [-0.15, -0.1) is 11.3 Å². The Morgan fingerprint density at radius 2 is 1.67 bits per heavy atom. The molecule has 14 nitrogen and oxygen atoms in total. The van der Waals surface area contributed by atoms with E-state index in [9.17, 15) is 24.3 Å². The van der Waals surface area contributed by atoms with E-state index in [1.54, 1.807) is 16.8 Å². The van der Waals surface area contributed by atoms with Crippen molar-refractivity contribution in [3.05, 3.63) is 41.0 Å². The van der Waals surface area contributed by atoms with Gasteiger partial charge >= 0.3 is 6.09 Å². The molecule has 1 aromatic heterocycles. The predicted molar refractivity (Wildman–Crippen MR) is 170 cm³/mol. The predicted octanol–water partition coefficient (Wildman–Crippen LogP) is 1.54. The average Bonchev–Trinajstić information content (AvgIpc) is 3.61. The molecule has 4 amide bonds. The monoisotopic (exact) mass is 663 g/mol. The SMILES string of the molecule is Cc1ncsc1-c1ccc(CNC(=O)[C@@H]2C[C@@H](O)CN2C(=O)[C@@H](NC(=O)COCCOCCOCCNC(=O)O)C(C)(C)C)cc1. The molecule has 0 saturated carbocycles. The summed E-state index contributed by atoms with van der Waals surface area (Å²) in [5, 5.41) is 26.7. The van der Waals surface area contributed by atoms with Crippen LogP contribution in [0.15, 0.2) is 29.8 Å². The minimum atomic E-state index is -1.11. The summed E-state index contributed by atoms with van der Waals surface area (Å²) in [5.74, 6) is -1.33. The van der Waals surface area contributed by atoms with Crippen LogP contribution < -0.4 is 16.0 Å². The normalized spacial score (nSPS) is 17.0. The molecule has 1 saturated heterocycles. The van der Waals surface area contributed by atoms with Crippen molar-refractivity contribution in [3.8, 4) is 10.4 Å². The molecule has 3 atom stereocenters. The minimum Gasteiger partial charge on any atom is -0.465 e. The number of aliphatic hydroxyl groups excluding tert-OH is 1. The molecular weight excluding hydrogens is 618 g/mol. The molecule has 0 aliphatic carbocycles. The van der Waals surface area contributed by atoms with E-state index in [0.717, 1.165) is 21.7 Å². The summed E-state index contributed by atoms with van der Waals surface area (Å²) >= 11 is 1.57. The van der Waals surface area contributed by atoms with Crippen molar-refractivity contribution < 1.29 is 43.6 Å². The number of carbonyl (C=O) groups excluding carboxylic acids is 3. The Bertz CT molecular complexity index is 1300. The number of ether oxygens (including phenoxy) is 3. The van der Waals surface area contributed by atoms with Gasteiger partial charge in [0.05, 0.1) is 55.2 Å². The zero-order valence-corrected chi connectivity index (χ0v) is 27.6. The van der Waals surface area contributed by atoms with Gasteiger partial charge in [-0.25, -0.2) is 9.78 Å². The van der Waals surface area contributed by atoms with Crippen LogP contribution in [0.25, 0.3) is 10.4 Å². The summed E-state index contributed by atoms with van der Waals surface area (Å²) < 4.78 is 16.0. The number of aliphatic hydroxyl groups is 1. The zero-order chi connectivity index (χ0) is 33.7. The highest BCUT2D eigenvalue weighted by atomic mass is 32.1. The Morgan fingerprint density at radius 3 is 2.28 bits per heavy atom. The molecule has 2 aromatic rings. The van der Waals surface area contributed by atoms with Gasteiger partial charge in [0.15, 0.2) is 0 Å². The number of nitrogens with zero attached hydrogens (tertiary/aromatic N) is 2. The van der Waals surface area contributed by atoms with E-state index in [1.807, 2.05) is 52.0 Å². The summed E-state index contributed by atoms with van der Waals surface area (Å²) in [6.07, 6.45) is -1.88. The number of aryl methyl sites for hydroxylation is 1. The number of benzene rings is 1. The van der Waals surface area contributed by atoms with E-state index in [0.29, 0.717) is 0 Å². The van der Waals surface area contributed by atoms with Crippen LogP contribution >= 0.6 is 11.3 Å². The van der Waals surface area contributed by atoms with Crippen LogP contribution in [0, 0.1) is 12.3 Å². The Hall–Kier alpha value is -3.63. The van der Waals surface area contributed by atoms with Crippen LogP contribution in [-0.4, -0.2) is 115 Å². The maximum Gasteiger partial charge on any atom is 0.404 e. The summed E-state index contributed by atoms with van der Waals surface area (Å²) in [6.45, 7) is 8.64. The highest BCUT2D eigenvalue weighted by Crippen LogP contribution is 2.28. The first-order valence-corrected chi connectivity index (χ1v) is 16.0. The number of amides is 4. The molecule has 1 aliphatic rings. The number of β-amino-alcohol motifs (C(OH)–C–C–N with tert-alkyl or cyclic N) is 1. The molecule has 2 heterocycles. The van der Waals surface area contributed by atoms with Crippen molar-refractivity contribution in [2.24, 2.45) is 5.41 Å². The van der Waals surface area contributed by atoms with Gasteiger partial charge in [0.25, 0.3) is 0 Å². The second kappa shape index (κ2) is 17.9. The molecule has 46 heavy (non-hydrogen) atoms. The molecule has 0 bridgehead atoms. The van der Waals surface area contributed by atoms with Crippen LogP contribution in [0.2, 0.25) is 0 Å². The summed E-state index contributed by atoms with van der Waals surface area (Å²) in [5.41, 5.74) is 4.01. The summed E-state index contributed by atoms with van der Waals surface area (Å²) in [6, 6.07) is 5.98. The molecule has 0 unspecified atom stereocenters. The molecule has 3 rings (SSSR count). The topological polar surface area (TPSA) is 189 Å². The van der Waals surface area contributed by atoms with Crippen LogP contribution in [0.1, 0.15) is 38.4 Å². The van der Waals surface area contributed by atoms with Gasteiger partial charge in [-0.05, 0) is 23.5 Å². The Morgan fingerprint density at radius 1 is 1.02 bits per heavy atom. The van der Waals surface area contributed by atoms with E-state index in [4.69, 9.17) is 19.3 Å². The third-order valence-corrected chi connectivity index (χ3v) is 8.19. The molecule has 254 valence electrons. The second-order valence-electron chi connectivity index (χ2n) is 12.0. The van der Waals surface area contributed by atoms with Crippen molar-refractivity contribution >= 4 is 35.2 Å². The lowest BCUT2D eigenvalue weighted by atomic mass is 9.85. The van der Waals surface area contributed by atoms with E-state index >= 15 is 0 Å².